The third-order valence-electron chi connectivity index (χ3n) is 7.14. The topological polar surface area (TPSA) is 18.5 Å². The van der Waals surface area contributed by atoms with Crippen molar-refractivity contribution in [3.05, 3.63) is 59.4 Å². The second kappa shape index (κ2) is 13.4. The van der Waals surface area contributed by atoms with Gasteiger partial charge in [-0.3, -0.25) is 0 Å². The molecule has 0 unspecified atom stereocenters. The van der Waals surface area contributed by atoms with Crippen LogP contribution in [0.1, 0.15) is 101 Å². The molecule has 8 heteroatoms. The number of ether oxygens (including phenoxy) is 2. The highest BCUT2D eigenvalue weighted by molar-refractivity contribution is 5.34. The molecule has 0 N–H and O–H groups in total. The van der Waals surface area contributed by atoms with Gasteiger partial charge in [0.15, 0.2) is 0 Å². The summed E-state index contributed by atoms with van der Waals surface area (Å²) in [5.74, 6) is -1.23. The van der Waals surface area contributed by atoms with Gasteiger partial charge in [0.25, 0.3) is 0 Å². The first-order chi connectivity index (χ1) is 17.6. The van der Waals surface area contributed by atoms with Crippen molar-refractivity contribution in [3.63, 3.8) is 0 Å². The smallest absolute Gasteiger partial charge is 0.429 e. The number of alkyl halides is 5. The molecule has 2 nitrogen and oxygen atoms in total. The molecule has 37 heavy (non-hydrogen) atoms. The number of hydrogen-bond acceptors (Lipinski definition) is 2. The first-order valence-electron chi connectivity index (χ1n) is 13.3. The van der Waals surface area contributed by atoms with Crippen molar-refractivity contribution in [1.82, 2.24) is 0 Å². The summed E-state index contributed by atoms with van der Waals surface area (Å²) in [4.78, 5) is 0. The highest BCUT2D eigenvalue weighted by Gasteiger charge is 2.38. The fraction of sp³-hybridized carbons (Fsp3) is 0.586. The Morgan fingerprint density at radius 2 is 1.30 bits per heavy atom. The number of hydrogen-bond donors (Lipinski definition) is 0. The van der Waals surface area contributed by atoms with Crippen LogP contribution in [0.2, 0.25) is 0 Å². The van der Waals surface area contributed by atoms with E-state index in [4.69, 9.17) is 0 Å². The van der Waals surface area contributed by atoms with E-state index in [0.717, 1.165) is 62.1 Å². The maximum atomic E-state index is 14.7. The summed E-state index contributed by atoms with van der Waals surface area (Å²) in [7, 11) is 0. The predicted octanol–water partition coefficient (Wildman–Crippen LogP) is 10.3. The van der Waals surface area contributed by atoms with Gasteiger partial charge in [0, 0.05) is 0 Å². The first-order valence-corrected chi connectivity index (χ1v) is 13.3. The van der Waals surface area contributed by atoms with Crippen LogP contribution in [0.3, 0.4) is 0 Å². The number of rotatable bonds is 13. The lowest BCUT2D eigenvalue weighted by Gasteiger charge is -2.29. The lowest BCUT2D eigenvalue weighted by Crippen LogP contribution is -2.24. The van der Waals surface area contributed by atoms with E-state index in [9.17, 15) is 26.3 Å². The van der Waals surface area contributed by atoms with Gasteiger partial charge in [0.2, 0.25) is 0 Å². The van der Waals surface area contributed by atoms with Gasteiger partial charge in [0.05, 0.1) is 5.56 Å². The van der Waals surface area contributed by atoms with Crippen LogP contribution in [-0.2, 0) is 6.11 Å². The van der Waals surface area contributed by atoms with E-state index in [0.29, 0.717) is 11.5 Å². The molecule has 1 fully saturated rings. The summed E-state index contributed by atoms with van der Waals surface area (Å²) in [5.41, 5.74) is -0.209. The molecular weight excluding hydrogens is 494 g/mol. The molecule has 0 aromatic heterocycles. The van der Waals surface area contributed by atoms with Gasteiger partial charge in [-0.25, -0.2) is 4.39 Å². The Bertz CT molecular complexity index is 950. The predicted molar refractivity (Wildman–Crippen MR) is 131 cm³/mol. The molecule has 1 aliphatic rings. The van der Waals surface area contributed by atoms with Crippen LogP contribution >= 0.6 is 0 Å². The summed E-state index contributed by atoms with van der Waals surface area (Å²) in [5, 5.41) is 0. The van der Waals surface area contributed by atoms with E-state index in [1.165, 1.54) is 57.4 Å². The zero-order valence-corrected chi connectivity index (χ0v) is 21.3. The minimum Gasteiger partial charge on any atom is -0.429 e. The SMILES string of the molecule is CCCCCCCCC[C@H]1CC[C@H](c2ccc(C(F)(F)Oc3ccc(OC(F)(F)F)cc3)c(F)c2)CC1. The van der Waals surface area contributed by atoms with E-state index in [-0.39, 0.29) is 5.92 Å². The second-order valence-corrected chi connectivity index (χ2v) is 10.0. The van der Waals surface area contributed by atoms with Gasteiger partial charge in [-0.05, 0) is 79.5 Å². The van der Waals surface area contributed by atoms with Gasteiger partial charge in [-0.2, -0.15) is 8.78 Å². The molecule has 1 saturated carbocycles. The van der Waals surface area contributed by atoms with Crippen LogP contribution in [0.5, 0.6) is 11.5 Å². The molecule has 0 saturated heterocycles. The average molecular weight is 531 g/mol. The quantitative estimate of drug-likeness (QED) is 0.189. The molecule has 0 amide bonds. The van der Waals surface area contributed by atoms with Crippen molar-refractivity contribution in [2.75, 3.05) is 0 Å². The summed E-state index contributed by atoms with van der Waals surface area (Å²) in [6, 6.07) is 7.24. The number of unbranched alkanes of at least 4 members (excludes halogenated alkanes) is 6. The van der Waals surface area contributed by atoms with Crippen molar-refractivity contribution in [1.29, 1.82) is 0 Å². The average Bonchev–Trinajstić information content (AvgIpc) is 2.84. The van der Waals surface area contributed by atoms with Crippen LogP contribution in [0, 0.1) is 11.7 Å². The maximum Gasteiger partial charge on any atom is 0.573 e. The highest BCUT2D eigenvalue weighted by Crippen LogP contribution is 2.40. The van der Waals surface area contributed by atoms with E-state index >= 15 is 0 Å². The van der Waals surface area contributed by atoms with Crippen LogP contribution in [0.4, 0.5) is 26.3 Å². The van der Waals surface area contributed by atoms with Crippen molar-refractivity contribution >= 4 is 0 Å². The van der Waals surface area contributed by atoms with Gasteiger partial charge < -0.3 is 9.47 Å². The standard InChI is InChI=1S/C29H36F6O2/c1-2-3-4-5-6-7-8-9-21-10-12-22(13-11-21)23-14-19-26(27(30)20-23)28(31,32)36-24-15-17-25(18-16-24)37-29(33,34)35/h14-22H,2-13H2,1H3/t21-,22-. The Kier molecular flexibility index (Phi) is 10.6. The van der Waals surface area contributed by atoms with Crippen molar-refractivity contribution < 1.29 is 35.8 Å². The van der Waals surface area contributed by atoms with Gasteiger partial charge in [-0.1, -0.05) is 64.4 Å². The molecule has 3 rings (SSSR count). The minimum atomic E-state index is -4.90. The van der Waals surface area contributed by atoms with Crippen LogP contribution in [-0.4, -0.2) is 6.36 Å². The molecule has 2 aromatic rings. The molecule has 0 aliphatic heterocycles. The highest BCUT2D eigenvalue weighted by atomic mass is 19.4. The summed E-state index contributed by atoms with van der Waals surface area (Å²) in [6.45, 7) is 2.22. The van der Waals surface area contributed by atoms with Crippen LogP contribution in [0.15, 0.2) is 42.5 Å². The fourth-order valence-corrected chi connectivity index (χ4v) is 5.11. The number of benzene rings is 2. The Hall–Kier alpha value is -2.38. The third-order valence-corrected chi connectivity index (χ3v) is 7.14. The monoisotopic (exact) mass is 530 g/mol. The molecule has 0 spiro atoms. The summed E-state index contributed by atoms with van der Waals surface area (Å²) < 4.78 is 89.2. The largest absolute Gasteiger partial charge is 0.573 e. The van der Waals surface area contributed by atoms with Crippen molar-refractivity contribution in [3.8, 4) is 11.5 Å². The summed E-state index contributed by atoms with van der Waals surface area (Å²) >= 11 is 0. The normalized spacial score (nSPS) is 18.6. The first kappa shape index (κ1) is 29.2. The zero-order chi connectivity index (χ0) is 26.9. The fourth-order valence-electron chi connectivity index (χ4n) is 5.11. The zero-order valence-electron chi connectivity index (χ0n) is 21.3. The number of halogens is 6. The van der Waals surface area contributed by atoms with Gasteiger partial charge in [-0.15, -0.1) is 13.2 Å². The Morgan fingerprint density at radius 3 is 1.86 bits per heavy atom. The molecule has 0 atom stereocenters. The van der Waals surface area contributed by atoms with E-state index in [1.807, 2.05) is 0 Å². The molecular formula is C29H36F6O2. The Balaban J connectivity index is 1.49. The third kappa shape index (κ3) is 9.46. The molecule has 1 aliphatic carbocycles. The minimum absolute atomic E-state index is 0.143. The van der Waals surface area contributed by atoms with E-state index in [1.54, 1.807) is 0 Å². The van der Waals surface area contributed by atoms with Crippen LogP contribution < -0.4 is 9.47 Å². The van der Waals surface area contributed by atoms with Gasteiger partial charge in [0.1, 0.15) is 17.3 Å². The molecule has 206 valence electrons. The summed E-state index contributed by atoms with van der Waals surface area (Å²) in [6.07, 6.45) is 5.32. The Labute approximate surface area is 215 Å². The van der Waals surface area contributed by atoms with Crippen molar-refractivity contribution in [2.45, 2.75) is 102 Å². The molecule has 0 heterocycles. The second-order valence-electron chi connectivity index (χ2n) is 10.0. The van der Waals surface area contributed by atoms with E-state index in [2.05, 4.69) is 16.4 Å². The van der Waals surface area contributed by atoms with Gasteiger partial charge >= 0.3 is 12.5 Å². The van der Waals surface area contributed by atoms with Crippen LogP contribution in [0.25, 0.3) is 0 Å². The molecule has 0 radical (unpaired) electrons. The Morgan fingerprint density at radius 1 is 0.730 bits per heavy atom. The lowest BCUT2D eigenvalue weighted by molar-refractivity contribution is -0.274. The van der Waals surface area contributed by atoms with E-state index < -0.39 is 35.4 Å². The maximum absolute atomic E-state index is 14.7. The van der Waals surface area contributed by atoms with Crippen molar-refractivity contribution in [2.24, 2.45) is 5.92 Å². The lowest BCUT2D eigenvalue weighted by atomic mass is 9.77. The molecule has 2 aromatic carbocycles. The molecule has 0 bridgehead atoms.